The Bertz CT molecular complexity index is 1130. The lowest BCUT2D eigenvalue weighted by molar-refractivity contribution is -0.116. The number of rotatable bonds is 7. The van der Waals surface area contributed by atoms with E-state index in [1.165, 1.54) is 17.4 Å². The first kappa shape index (κ1) is 20.6. The predicted octanol–water partition coefficient (Wildman–Crippen LogP) is 4.46. The van der Waals surface area contributed by atoms with Crippen LogP contribution in [0.3, 0.4) is 0 Å². The van der Waals surface area contributed by atoms with E-state index in [1.807, 2.05) is 13.0 Å². The first-order chi connectivity index (χ1) is 13.2. The van der Waals surface area contributed by atoms with Crippen molar-refractivity contribution in [1.82, 2.24) is 4.98 Å². The molecule has 0 atom stereocenters. The molecule has 6 nitrogen and oxygen atoms in total. The summed E-state index contributed by atoms with van der Waals surface area (Å²) < 4.78 is 29.6. The number of anilines is 1. The third-order valence-electron chi connectivity index (χ3n) is 3.98. The zero-order chi connectivity index (χ0) is 20.3. The van der Waals surface area contributed by atoms with Crippen LogP contribution in [-0.4, -0.2) is 32.2 Å². The van der Waals surface area contributed by atoms with Crippen molar-refractivity contribution in [2.75, 3.05) is 18.2 Å². The quantitative estimate of drug-likeness (QED) is 0.550. The van der Waals surface area contributed by atoms with Gasteiger partial charge in [-0.05, 0) is 55.3 Å². The van der Waals surface area contributed by atoms with Crippen molar-refractivity contribution >= 4 is 54.0 Å². The van der Waals surface area contributed by atoms with Crippen molar-refractivity contribution in [3.63, 3.8) is 0 Å². The summed E-state index contributed by atoms with van der Waals surface area (Å²) in [6.07, 6.45) is 2.00. The molecule has 0 bridgehead atoms. The number of amides is 1. The van der Waals surface area contributed by atoms with E-state index in [2.05, 4.69) is 10.3 Å². The van der Waals surface area contributed by atoms with E-state index in [1.54, 1.807) is 24.3 Å². The van der Waals surface area contributed by atoms with E-state index >= 15 is 0 Å². The fourth-order valence-electron chi connectivity index (χ4n) is 2.50. The topological polar surface area (TPSA) is 85.4 Å². The summed E-state index contributed by atoms with van der Waals surface area (Å²) in [5, 5.41) is 3.88. The third-order valence-corrected chi connectivity index (χ3v) is 6.45. The van der Waals surface area contributed by atoms with Crippen molar-refractivity contribution in [3.8, 4) is 5.75 Å². The molecule has 1 amide bonds. The summed E-state index contributed by atoms with van der Waals surface area (Å²) in [5.74, 6) is 0.549. The molecule has 0 saturated carbocycles. The highest BCUT2D eigenvalue weighted by Crippen LogP contribution is 2.28. The maximum Gasteiger partial charge on any atom is 0.226 e. The van der Waals surface area contributed by atoms with Gasteiger partial charge >= 0.3 is 0 Å². The molecule has 0 saturated heterocycles. The molecule has 0 unspecified atom stereocenters. The number of carbonyl (C=O) groups excluding carboxylic acids is 1. The standard InChI is InChI=1S/C19H19ClN2O4S2/c1-12-10-13(5-7-15(12)20)26-9-3-4-18(23)22-19-21-16-8-6-14(28(2,24)25)11-17(16)27-19/h5-8,10-11H,3-4,9H2,1-2H3,(H,21,22,23). The second kappa shape index (κ2) is 8.46. The van der Waals surface area contributed by atoms with Crippen molar-refractivity contribution in [2.45, 2.75) is 24.7 Å². The minimum atomic E-state index is -3.28. The zero-order valence-corrected chi connectivity index (χ0v) is 17.7. The summed E-state index contributed by atoms with van der Waals surface area (Å²) in [5.41, 5.74) is 1.58. The van der Waals surface area contributed by atoms with Gasteiger partial charge in [0.15, 0.2) is 15.0 Å². The first-order valence-electron chi connectivity index (χ1n) is 8.52. The molecule has 1 N–H and O–H groups in total. The number of hydrogen-bond donors (Lipinski definition) is 1. The van der Waals surface area contributed by atoms with Crippen LogP contribution in [0.5, 0.6) is 5.75 Å². The number of benzene rings is 2. The Morgan fingerprint density at radius 2 is 2.04 bits per heavy atom. The van der Waals surface area contributed by atoms with E-state index in [0.717, 1.165) is 17.6 Å². The van der Waals surface area contributed by atoms with Gasteiger partial charge in [0.25, 0.3) is 0 Å². The molecule has 0 aliphatic heterocycles. The van der Waals surface area contributed by atoms with Gasteiger partial charge in [-0.25, -0.2) is 13.4 Å². The Kier molecular flexibility index (Phi) is 6.22. The van der Waals surface area contributed by atoms with Crippen LogP contribution < -0.4 is 10.1 Å². The summed E-state index contributed by atoms with van der Waals surface area (Å²) in [6, 6.07) is 10.1. The van der Waals surface area contributed by atoms with Crippen molar-refractivity contribution in [2.24, 2.45) is 0 Å². The van der Waals surface area contributed by atoms with Gasteiger partial charge < -0.3 is 10.1 Å². The van der Waals surface area contributed by atoms with E-state index in [9.17, 15) is 13.2 Å². The Labute approximate surface area is 172 Å². The molecule has 2 aromatic carbocycles. The average molecular weight is 439 g/mol. The summed E-state index contributed by atoms with van der Waals surface area (Å²) in [7, 11) is -3.28. The summed E-state index contributed by atoms with van der Waals surface area (Å²) in [6.45, 7) is 2.31. The maximum absolute atomic E-state index is 12.1. The number of carbonyl (C=O) groups is 1. The molecule has 148 valence electrons. The van der Waals surface area contributed by atoms with Crippen molar-refractivity contribution < 1.29 is 17.9 Å². The number of nitrogens with one attached hydrogen (secondary N) is 1. The molecule has 3 aromatic rings. The number of nitrogens with zero attached hydrogens (tertiary/aromatic N) is 1. The monoisotopic (exact) mass is 438 g/mol. The highest BCUT2D eigenvalue weighted by molar-refractivity contribution is 7.90. The lowest BCUT2D eigenvalue weighted by Crippen LogP contribution is -2.12. The normalized spacial score (nSPS) is 11.5. The summed E-state index contributed by atoms with van der Waals surface area (Å²) >= 11 is 7.22. The molecule has 0 aliphatic rings. The number of aryl methyl sites for hydroxylation is 1. The van der Waals surface area contributed by atoms with Crippen LogP contribution in [0.15, 0.2) is 41.3 Å². The van der Waals surface area contributed by atoms with Crippen LogP contribution in [0.2, 0.25) is 5.02 Å². The SMILES string of the molecule is Cc1cc(OCCCC(=O)Nc2nc3ccc(S(C)(=O)=O)cc3s2)ccc1Cl. The maximum atomic E-state index is 12.1. The van der Waals surface area contributed by atoms with Crippen LogP contribution in [-0.2, 0) is 14.6 Å². The number of halogens is 1. The molecule has 1 aromatic heterocycles. The van der Waals surface area contributed by atoms with Crippen LogP contribution in [0.1, 0.15) is 18.4 Å². The molecule has 9 heteroatoms. The Morgan fingerprint density at radius 3 is 2.75 bits per heavy atom. The molecular weight excluding hydrogens is 420 g/mol. The van der Waals surface area contributed by atoms with Crippen LogP contribution >= 0.6 is 22.9 Å². The van der Waals surface area contributed by atoms with Gasteiger partial charge in [-0.15, -0.1) is 0 Å². The lowest BCUT2D eigenvalue weighted by atomic mass is 10.2. The fourth-order valence-corrected chi connectivity index (χ4v) is 4.26. The minimum Gasteiger partial charge on any atom is -0.494 e. The van der Waals surface area contributed by atoms with Gasteiger partial charge in [0.1, 0.15) is 5.75 Å². The summed E-state index contributed by atoms with van der Waals surface area (Å²) in [4.78, 5) is 16.7. The molecule has 28 heavy (non-hydrogen) atoms. The van der Waals surface area contributed by atoms with Crippen LogP contribution in [0.25, 0.3) is 10.2 Å². The molecule has 1 heterocycles. The van der Waals surface area contributed by atoms with Gasteiger partial charge in [0, 0.05) is 17.7 Å². The number of fused-ring (bicyclic) bond motifs is 1. The van der Waals surface area contributed by atoms with Gasteiger partial charge in [0.2, 0.25) is 5.91 Å². The number of sulfone groups is 1. The minimum absolute atomic E-state index is 0.168. The molecule has 0 radical (unpaired) electrons. The Morgan fingerprint density at radius 1 is 1.25 bits per heavy atom. The van der Waals surface area contributed by atoms with Crippen molar-refractivity contribution in [1.29, 1.82) is 0 Å². The molecule has 0 aliphatic carbocycles. The second-order valence-corrected chi connectivity index (χ2v) is 9.79. The highest BCUT2D eigenvalue weighted by atomic mass is 35.5. The largest absolute Gasteiger partial charge is 0.494 e. The highest BCUT2D eigenvalue weighted by Gasteiger charge is 2.12. The predicted molar refractivity (Wildman–Crippen MR) is 112 cm³/mol. The zero-order valence-electron chi connectivity index (χ0n) is 15.4. The van der Waals surface area contributed by atoms with Gasteiger partial charge in [0.05, 0.1) is 21.7 Å². The molecule has 0 spiro atoms. The number of aromatic nitrogens is 1. The van der Waals surface area contributed by atoms with Gasteiger partial charge in [-0.2, -0.15) is 0 Å². The van der Waals surface area contributed by atoms with Gasteiger partial charge in [-0.3, -0.25) is 4.79 Å². The van der Waals surface area contributed by atoms with Gasteiger partial charge in [-0.1, -0.05) is 22.9 Å². The van der Waals surface area contributed by atoms with E-state index in [-0.39, 0.29) is 17.2 Å². The van der Waals surface area contributed by atoms with E-state index in [4.69, 9.17) is 16.3 Å². The van der Waals surface area contributed by atoms with E-state index in [0.29, 0.717) is 33.4 Å². The number of thiazole rings is 1. The molecular formula is C19H19ClN2O4S2. The number of ether oxygens (including phenoxy) is 1. The third kappa shape index (κ3) is 5.21. The fraction of sp³-hybridized carbons (Fsp3) is 0.263. The van der Waals surface area contributed by atoms with Crippen LogP contribution in [0.4, 0.5) is 5.13 Å². The second-order valence-electron chi connectivity index (χ2n) is 6.33. The first-order valence-corrected chi connectivity index (χ1v) is 11.6. The smallest absolute Gasteiger partial charge is 0.226 e. The van der Waals surface area contributed by atoms with E-state index < -0.39 is 9.84 Å². The van der Waals surface area contributed by atoms with Crippen molar-refractivity contribution in [3.05, 3.63) is 47.0 Å². The number of hydrogen-bond acceptors (Lipinski definition) is 6. The lowest BCUT2D eigenvalue weighted by Gasteiger charge is -2.07. The Balaban J connectivity index is 1.52. The average Bonchev–Trinajstić information content (AvgIpc) is 3.02. The molecule has 0 fully saturated rings. The van der Waals surface area contributed by atoms with Crippen LogP contribution in [0, 0.1) is 6.92 Å². The Hall–Kier alpha value is -2.16. The molecule has 3 rings (SSSR count).